The molecule has 60 valence electrons. The minimum atomic E-state index is 0.733. The van der Waals surface area contributed by atoms with Crippen molar-refractivity contribution in [2.45, 2.75) is 27.7 Å². The molecule has 0 saturated heterocycles. The Morgan fingerprint density at radius 1 is 1.00 bits per heavy atom. The van der Waals surface area contributed by atoms with Crippen LogP contribution < -0.4 is 0 Å². The lowest BCUT2D eigenvalue weighted by atomic mass is 10.5. The van der Waals surface area contributed by atoms with Crippen LogP contribution in [0.3, 0.4) is 0 Å². The largest absolute Gasteiger partial charge is 0.497 e. The van der Waals surface area contributed by atoms with E-state index in [-0.39, 0.29) is 0 Å². The van der Waals surface area contributed by atoms with Gasteiger partial charge in [0.15, 0.2) is 0 Å². The van der Waals surface area contributed by atoms with Crippen molar-refractivity contribution in [3.8, 4) is 0 Å². The standard InChI is InChI=1S/C5H6O.2C2H6/c1-2-4-6-5-3-1;2*1-2/h1-4H,5H2;2*1-2H3. The highest BCUT2D eigenvalue weighted by Gasteiger charge is 1.75. The third-order valence-electron chi connectivity index (χ3n) is 0.614. The molecular weight excluding hydrogens is 124 g/mol. The Morgan fingerprint density at radius 3 is 1.70 bits per heavy atom. The Morgan fingerprint density at radius 2 is 1.60 bits per heavy atom. The lowest BCUT2D eigenvalue weighted by Gasteiger charge is -1.94. The molecule has 0 aromatic rings. The third-order valence-corrected chi connectivity index (χ3v) is 0.614. The Balaban J connectivity index is 0. The highest BCUT2D eigenvalue weighted by molar-refractivity contribution is 5.02. The van der Waals surface area contributed by atoms with Gasteiger partial charge in [0.2, 0.25) is 0 Å². The molecule has 0 atom stereocenters. The maximum atomic E-state index is 4.80. The topological polar surface area (TPSA) is 9.23 Å². The summed E-state index contributed by atoms with van der Waals surface area (Å²) in [7, 11) is 0. The van der Waals surface area contributed by atoms with Gasteiger partial charge in [0.1, 0.15) is 6.61 Å². The molecule has 1 heteroatoms. The monoisotopic (exact) mass is 142 g/mol. The first kappa shape index (κ1) is 12.0. The molecule has 0 aromatic heterocycles. The van der Waals surface area contributed by atoms with Gasteiger partial charge in [0.25, 0.3) is 0 Å². The van der Waals surface area contributed by atoms with Crippen molar-refractivity contribution in [1.29, 1.82) is 0 Å². The normalized spacial score (nSPS) is 11.6. The van der Waals surface area contributed by atoms with Crippen molar-refractivity contribution in [2.24, 2.45) is 0 Å². The van der Waals surface area contributed by atoms with E-state index >= 15 is 0 Å². The van der Waals surface area contributed by atoms with Gasteiger partial charge in [-0.1, -0.05) is 33.8 Å². The molecule has 1 aliphatic rings. The van der Waals surface area contributed by atoms with Crippen molar-refractivity contribution in [3.63, 3.8) is 0 Å². The molecule has 1 rings (SSSR count). The number of hydrogen-bond acceptors (Lipinski definition) is 1. The lowest BCUT2D eigenvalue weighted by molar-refractivity contribution is 0.286. The van der Waals surface area contributed by atoms with E-state index in [4.69, 9.17) is 4.74 Å². The third kappa shape index (κ3) is 10.3. The fourth-order valence-corrected chi connectivity index (χ4v) is 0.346. The highest BCUT2D eigenvalue weighted by Crippen LogP contribution is 1.87. The average Bonchev–Trinajstić information content (AvgIpc) is 2.14. The number of hydrogen-bond donors (Lipinski definition) is 0. The van der Waals surface area contributed by atoms with Crippen LogP contribution in [0.2, 0.25) is 0 Å². The number of rotatable bonds is 0. The van der Waals surface area contributed by atoms with E-state index < -0.39 is 0 Å². The Kier molecular flexibility index (Phi) is 18.9. The summed E-state index contributed by atoms with van der Waals surface area (Å²) in [6.07, 6.45) is 7.47. The van der Waals surface area contributed by atoms with Gasteiger partial charge < -0.3 is 4.74 Å². The second-order valence-corrected chi connectivity index (χ2v) is 1.09. The molecule has 0 amide bonds. The van der Waals surface area contributed by atoms with E-state index in [1.165, 1.54) is 0 Å². The zero-order chi connectivity index (χ0) is 8.24. The zero-order valence-electron chi connectivity index (χ0n) is 7.42. The number of allylic oxidation sites excluding steroid dienone is 2. The molecule has 0 unspecified atom stereocenters. The maximum Gasteiger partial charge on any atom is 0.106 e. The van der Waals surface area contributed by atoms with Gasteiger partial charge in [0.05, 0.1) is 6.26 Å². The molecule has 0 saturated carbocycles. The van der Waals surface area contributed by atoms with E-state index in [9.17, 15) is 0 Å². The molecule has 0 aromatic carbocycles. The predicted molar refractivity (Wildman–Crippen MR) is 46.9 cm³/mol. The molecule has 10 heavy (non-hydrogen) atoms. The minimum Gasteiger partial charge on any atom is -0.497 e. The van der Waals surface area contributed by atoms with Gasteiger partial charge >= 0.3 is 0 Å². The summed E-state index contributed by atoms with van der Waals surface area (Å²) < 4.78 is 4.80. The maximum absolute atomic E-state index is 4.80. The molecule has 0 N–H and O–H groups in total. The molecule has 1 nitrogen and oxygen atoms in total. The molecule has 0 radical (unpaired) electrons. The summed E-state index contributed by atoms with van der Waals surface area (Å²) >= 11 is 0. The van der Waals surface area contributed by atoms with Crippen molar-refractivity contribution in [3.05, 3.63) is 24.5 Å². The first-order chi connectivity index (χ1) is 5.00. The van der Waals surface area contributed by atoms with Crippen LogP contribution in [0, 0.1) is 0 Å². The molecule has 0 aliphatic carbocycles. The van der Waals surface area contributed by atoms with E-state index in [1.807, 2.05) is 45.9 Å². The van der Waals surface area contributed by atoms with Gasteiger partial charge in [-0.25, -0.2) is 0 Å². The summed E-state index contributed by atoms with van der Waals surface area (Å²) in [6.45, 7) is 8.73. The highest BCUT2D eigenvalue weighted by atomic mass is 16.5. The molecule has 1 aliphatic heterocycles. The van der Waals surface area contributed by atoms with Crippen molar-refractivity contribution < 1.29 is 4.74 Å². The molecule has 1 heterocycles. The average molecular weight is 142 g/mol. The van der Waals surface area contributed by atoms with Crippen LogP contribution in [0.15, 0.2) is 24.5 Å². The summed E-state index contributed by atoms with van der Waals surface area (Å²) in [5.41, 5.74) is 0. The van der Waals surface area contributed by atoms with Crippen LogP contribution in [-0.2, 0) is 4.74 Å². The summed E-state index contributed by atoms with van der Waals surface area (Å²) in [5, 5.41) is 0. The summed E-state index contributed by atoms with van der Waals surface area (Å²) in [5.74, 6) is 0. The van der Waals surface area contributed by atoms with Crippen LogP contribution in [-0.4, -0.2) is 6.61 Å². The first-order valence-corrected chi connectivity index (χ1v) is 3.93. The quantitative estimate of drug-likeness (QED) is 0.505. The Labute approximate surface area is 64.4 Å². The van der Waals surface area contributed by atoms with Gasteiger partial charge in [-0.05, 0) is 12.2 Å². The van der Waals surface area contributed by atoms with E-state index in [0.717, 1.165) is 6.61 Å². The Hall–Kier alpha value is -0.720. The second-order valence-electron chi connectivity index (χ2n) is 1.09. The van der Waals surface area contributed by atoms with Gasteiger partial charge in [-0.2, -0.15) is 0 Å². The number of ether oxygens (including phenoxy) is 1. The van der Waals surface area contributed by atoms with Gasteiger partial charge in [0, 0.05) is 0 Å². The van der Waals surface area contributed by atoms with Crippen LogP contribution in [0.4, 0.5) is 0 Å². The smallest absolute Gasteiger partial charge is 0.106 e. The SMILES string of the molecule is C1=CCOC=C1.CC.CC. The van der Waals surface area contributed by atoms with Crippen molar-refractivity contribution in [1.82, 2.24) is 0 Å². The summed E-state index contributed by atoms with van der Waals surface area (Å²) in [6, 6.07) is 0. The fraction of sp³-hybridized carbons (Fsp3) is 0.556. The van der Waals surface area contributed by atoms with E-state index in [1.54, 1.807) is 6.26 Å². The van der Waals surface area contributed by atoms with Gasteiger partial charge in [-0.3, -0.25) is 0 Å². The molecule has 0 spiro atoms. The first-order valence-electron chi connectivity index (χ1n) is 3.93. The molecular formula is C9H18O. The van der Waals surface area contributed by atoms with Crippen LogP contribution in [0.5, 0.6) is 0 Å². The predicted octanol–water partition coefficient (Wildman–Crippen LogP) is 3.14. The van der Waals surface area contributed by atoms with E-state index in [0.29, 0.717) is 0 Å². The van der Waals surface area contributed by atoms with Crippen LogP contribution in [0.1, 0.15) is 27.7 Å². The van der Waals surface area contributed by atoms with E-state index in [2.05, 4.69) is 0 Å². The fourth-order valence-electron chi connectivity index (χ4n) is 0.346. The van der Waals surface area contributed by atoms with Crippen molar-refractivity contribution >= 4 is 0 Å². The molecule has 0 fully saturated rings. The van der Waals surface area contributed by atoms with Crippen LogP contribution in [0.25, 0.3) is 0 Å². The molecule has 0 bridgehead atoms. The zero-order valence-corrected chi connectivity index (χ0v) is 7.42. The Bertz CT molecular complexity index is 70.7. The minimum absolute atomic E-state index is 0.733. The van der Waals surface area contributed by atoms with Crippen molar-refractivity contribution in [2.75, 3.05) is 6.61 Å². The second kappa shape index (κ2) is 15.7. The lowest BCUT2D eigenvalue weighted by Crippen LogP contribution is -1.82. The van der Waals surface area contributed by atoms with Gasteiger partial charge in [-0.15, -0.1) is 0 Å². The summed E-state index contributed by atoms with van der Waals surface area (Å²) in [4.78, 5) is 0. The van der Waals surface area contributed by atoms with Crippen LogP contribution >= 0.6 is 0 Å².